The van der Waals surface area contributed by atoms with Crippen molar-refractivity contribution in [1.29, 1.82) is 0 Å². The van der Waals surface area contributed by atoms with Crippen LogP contribution in [0.15, 0.2) is 52.9 Å². The molecule has 0 radical (unpaired) electrons. The largest absolute Gasteiger partial charge is 0.436 e. The number of quaternary nitrogens is 1. The Bertz CT molecular complexity index is 1020. The van der Waals surface area contributed by atoms with E-state index in [1.807, 2.05) is 36.4 Å². The lowest BCUT2D eigenvalue weighted by Gasteiger charge is -2.22. The van der Waals surface area contributed by atoms with Crippen molar-refractivity contribution < 1.29 is 19.3 Å². The van der Waals surface area contributed by atoms with Gasteiger partial charge in [0, 0.05) is 5.56 Å². The summed E-state index contributed by atoms with van der Waals surface area (Å²) in [7, 11) is 0. The predicted octanol–water partition coefficient (Wildman–Crippen LogP) is 3.02. The first kappa shape index (κ1) is 18.1. The molecule has 1 aromatic heterocycles. The van der Waals surface area contributed by atoms with E-state index in [1.54, 1.807) is 12.1 Å². The van der Waals surface area contributed by atoms with Crippen molar-refractivity contribution in [1.82, 2.24) is 4.98 Å². The zero-order valence-corrected chi connectivity index (χ0v) is 16.2. The maximum Gasteiger partial charge on any atom is 0.292 e. The molecule has 1 atom stereocenters. The lowest BCUT2D eigenvalue weighted by atomic mass is 9.95. The summed E-state index contributed by atoms with van der Waals surface area (Å²) in [5.74, 6) is 0.303. The fourth-order valence-electron chi connectivity index (χ4n) is 4.48. The zero-order valence-electron chi connectivity index (χ0n) is 16.2. The Morgan fingerprint density at radius 3 is 2.48 bits per heavy atom. The lowest BCUT2D eigenvalue weighted by Crippen LogP contribution is -2.96. The van der Waals surface area contributed by atoms with Crippen molar-refractivity contribution in [2.24, 2.45) is 0 Å². The van der Waals surface area contributed by atoms with Crippen LogP contribution in [0.4, 0.5) is 5.69 Å². The van der Waals surface area contributed by atoms with Gasteiger partial charge in [0.1, 0.15) is 5.52 Å². The Hall–Kier alpha value is -2.99. The minimum atomic E-state index is -0.290. The molecule has 2 fully saturated rings. The van der Waals surface area contributed by atoms with Crippen LogP contribution in [0.2, 0.25) is 0 Å². The fourth-order valence-corrected chi connectivity index (χ4v) is 4.48. The second-order valence-electron chi connectivity index (χ2n) is 8.00. The zero-order chi connectivity index (χ0) is 19.8. The van der Waals surface area contributed by atoms with Gasteiger partial charge in [-0.05, 0) is 62.1 Å². The normalized spacial score (nSPS) is 20.7. The van der Waals surface area contributed by atoms with Gasteiger partial charge < -0.3 is 9.73 Å². The first-order valence-electron chi connectivity index (χ1n) is 10.4. The number of anilines is 1. The number of carbonyl (C=O) groups is 2. The molecular weight excluding hydrogens is 366 g/mol. The maximum absolute atomic E-state index is 12.9. The van der Waals surface area contributed by atoms with Gasteiger partial charge in [0.15, 0.2) is 11.6 Å². The molecule has 1 saturated heterocycles. The van der Waals surface area contributed by atoms with E-state index in [4.69, 9.17) is 4.42 Å². The molecule has 1 aliphatic heterocycles. The molecule has 2 aromatic carbocycles. The highest BCUT2D eigenvalue weighted by atomic mass is 16.3. The average molecular weight is 390 g/mol. The van der Waals surface area contributed by atoms with Crippen LogP contribution in [0.3, 0.4) is 0 Å². The molecule has 3 aromatic rings. The Morgan fingerprint density at radius 1 is 0.966 bits per heavy atom. The van der Waals surface area contributed by atoms with Gasteiger partial charge in [-0.15, -0.1) is 0 Å². The van der Waals surface area contributed by atoms with E-state index in [9.17, 15) is 9.59 Å². The molecule has 2 heterocycles. The molecule has 1 saturated carbocycles. The molecule has 2 aliphatic rings. The second kappa shape index (κ2) is 7.44. The number of carbonyl (C=O) groups excluding carboxylic acids is 2. The number of fused-ring (bicyclic) bond motifs is 1. The third kappa shape index (κ3) is 3.44. The van der Waals surface area contributed by atoms with Crippen LogP contribution in [-0.4, -0.2) is 28.9 Å². The number of nitrogens with zero attached hydrogens (tertiary/aromatic N) is 2. The van der Waals surface area contributed by atoms with Gasteiger partial charge >= 0.3 is 0 Å². The van der Waals surface area contributed by atoms with Crippen molar-refractivity contribution in [3.8, 4) is 11.5 Å². The first-order valence-corrected chi connectivity index (χ1v) is 10.4. The average Bonchev–Trinajstić information content (AvgIpc) is 3.30. The molecule has 148 valence electrons. The summed E-state index contributed by atoms with van der Waals surface area (Å²) in [5, 5.41) is 2.13. The highest BCUT2D eigenvalue weighted by Gasteiger charge is 2.43. The molecule has 0 unspecified atom stereocenters. The third-order valence-electron chi connectivity index (χ3n) is 6.00. The van der Waals surface area contributed by atoms with Gasteiger partial charge in [-0.3, -0.25) is 9.59 Å². The SMILES string of the molecule is O=C1C[C@H]([NH2+]C2CCCCC2)C(=O)N1c1ccc(-c2nc3ccccc3o2)cc1. The molecule has 6 nitrogen and oxygen atoms in total. The number of benzene rings is 2. The minimum absolute atomic E-state index is 0.102. The fraction of sp³-hybridized carbons (Fsp3) is 0.348. The van der Waals surface area contributed by atoms with E-state index in [2.05, 4.69) is 10.3 Å². The van der Waals surface area contributed by atoms with Crippen molar-refractivity contribution in [2.45, 2.75) is 50.6 Å². The number of imide groups is 1. The van der Waals surface area contributed by atoms with E-state index < -0.39 is 0 Å². The van der Waals surface area contributed by atoms with Crippen molar-refractivity contribution in [3.63, 3.8) is 0 Å². The summed E-state index contributed by atoms with van der Waals surface area (Å²) in [6.45, 7) is 0. The van der Waals surface area contributed by atoms with Crippen LogP contribution in [-0.2, 0) is 9.59 Å². The van der Waals surface area contributed by atoms with E-state index in [0.29, 0.717) is 17.6 Å². The van der Waals surface area contributed by atoms with E-state index in [-0.39, 0.29) is 24.3 Å². The molecule has 0 bridgehead atoms. The quantitative estimate of drug-likeness (QED) is 0.695. The Morgan fingerprint density at radius 2 is 1.72 bits per heavy atom. The smallest absolute Gasteiger partial charge is 0.292 e. The first-order chi connectivity index (χ1) is 14.2. The molecule has 5 rings (SSSR count). The number of aromatic nitrogens is 1. The van der Waals surface area contributed by atoms with Crippen LogP contribution in [0.5, 0.6) is 0 Å². The van der Waals surface area contributed by atoms with Crippen LogP contribution in [0.25, 0.3) is 22.6 Å². The summed E-state index contributed by atoms with van der Waals surface area (Å²) < 4.78 is 5.80. The predicted molar refractivity (Wildman–Crippen MR) is 109 cm³/mol. The van der Waals surface area contributed by atoms with Gasteiger partial charge in [0.2, 0.25) is 11.8 Å². The molecule has 0 spiro atoms. The molecule has 29 heavy (non-hydrogen) atoms. The third-order valence-corrected chi connectivity index (χ3v) is 6.00. The van der Waals surface area contributed by atoms with E-state index in [1.165, 1.54) is 24.2 Å². The van der Waals surface area contributed by atoms with E-state index in [0.717, 1.165) is 29.5 Å². The van der Waals surface area contributed by atoms with Crippen molar-refractivity contribution in [3.05, 3.63) is 48.5 Å². The molecule has 6 heteroatoms. The van der Waals surface area contributed by atoms with Gasteiger partial charge in [-0.2, -0.15) is 0 Å². The van der Waals surface area contributed by atoms with Crippen LogP contribution < -0.4 is 10.2 Å². The topological polar surface area (TPSA) is 80.0 Å². The van der Waals surface area contributed by atoms with Crippen molar-refractivity contribution in [2.75, 3.05) is 4.90 Å². The maximum atomic E-state index is 12.9. The Labute approximate surface area is 168 Å². The van der Waals surface area contributed by atoms with Crippen molar-refractivity contribution >= 4 is 28.6 Å². The second-order valence-corrected chi connectivity index (χ2v) is 8.00. The van der Waals surface area contributed by atoms with Crippen LogP contribution in [0, 0.1) is 0 Å². The van der Waals surface area contributed by atoms with Gasteiger partial charge in [-0.25, -0.2) is 9.88 Å². The molecule has 2 N–H and O–H groups in total. The summed E-state index contributed by atoms with van der Waals surface area (Å²) in [6, 6.07) is 15.1. The van der Waals surface area contributed by atoms with Gasteiger partial charge in [0.05, 0.1) is 18.2 Å². The Kier molecular flexibility index (Phi) is 4.64. The number of hydrogen-bond donors (Lipinski definition) is 1. The Balaban J connectivity index is 1.33. The number of hydrogen-bond acceptors (Lipinski definition) is 4. The highest BCUT2D eigenvalue weighted by molar-refractivity contribution is 6.21. The van der Waals surface area contributed by atoms with Gasteiger partial charge in [0.25, 0.3) is 5.91 Å². The highest BCUT2D eigenvalue weighted by Crippen LogP contribution is 2.28. The number of amides is 2. The summed E-state index contributed by atoms with van der Waals surface area (Å²) >= 11 is 0. The standard InChI is InChI=1S/C23H23N3O3/c27-21-14-19(24-16-6-2-1-3-7-16)23(28)26(21)17-12-10-15(11-13-17)22-25-18-8-4-5-9-20(18)29-22/h4-5,8-13,16,19,24H,1-3,6-7,14H2/p+1/t19-/m0/s1. The number of rotatable bonds is 4. The lowest BCUT2D eigenvalue weighted by molar-refractivity contribution is -0.710. The van der Waals surface area contributed by atoms with Gasteiger partial charge in [-0.1, -0.05) is 18.6 Å². The minimum Gasteiger partial charge on any atom is -0.436 e. The summed E-state index contributed by atoms with van der Waals surface area (Å²) in [6.07, 6.45) is 6.27. The number of oxazole rings is 1. The molecule has 2 amide bonds. The monoisotopic (exact) mass is 390 g/mol. The number of nitrogens with two attached hydrogens (primary N) is 1. The molecular formula is C23H24N3O3+. The summed E-state index contributed by atoms with van der Waals surface area (Å²) in [5.41, 5.74) is 2.96. The van der Waals surface area contributed by atoms with Crippen LogP contribution >= 0.6 is 0 Å². The molecule has 1 aliphatic carbocycles. The number of para-hydroxylation sites is 2. The van der Waals surface area contributed by atoms with E-state index >= 15 is 0 Å². The van der Waals surface area contributed by atoms with Crippen LogP contribution in [0.1, 0.15) is 38.5 Å². The summed E-state index contributed by atoms with van der Waals surface area (Å²) in [4.78, 5) is 31.3.